The van der Waals surface area contributed by atoms with Crippen LogP contribution < -0.4 is 9.44 Å². The van der Waals surface area contributed by atoms with Crippen LogP contribution in [0.4, 0.5) is 11.4 Å². The Labute approximate surface area is 161 Å². The molecule has 0 aliphatic rings. The molecule has 0 saturated carbocycles. The predicted molar refractivity (Wildman–Crippen MR) is 98.8 cm³/mol. The van der Waals surface area contributed by atoms with E-state index in [2.05, 4.69) is 19.4 Å². The van der Waals surface area contributed by atoms with Gasteiger partial charge in [-0.2, -0.15) is 9.98 Å². The van der Waals surface area contributed by atoms with Gasteiger partial charge in [0.2, 0.25) is 32.2 Å². The summed E-state index contributed by atoms with van der Waals surface area (Å²) in [5.74, 6) is 0. The third-order valence-corrected chi connectivity index (χ3v) is 6.31. The molecular weight excluding hydrogens is 408 g/mol. The third kappa shape index (κ3) is 5.76. The molecular formula is C16H14N4O6S2. The molecule has 0 heterocycles. The molecule has 12 heteroatoms. The summed E-state index contributed by atoms with van der Waals surface area (Å²) in [5, 5.41) is 0. The van der Waals surface area contributed by atoms with Gasteiger partial charge in [0.1, 0.15) is 0 Å². The summed E-state index contributed by atoms with van der Waals surface area (Å²) in [5.41, 5.74) is 0.512. The van der Waals surface area contributed by atoms with Gasteiger partial charge in [-0.3, -0.25) is 0 Å². The highest BCUT2D eigenvalue weighted by Crippen LogP contribution is 2.16. The smallest absolute Gasteiger partial charge is 0.211 e. The molecule has 0 bridgehead atoms. The van der Waals surface area contributed by atoms with Crippen molar-refractivity contribution in [2.45, 2.75) is 9.79 Å². The molecule has 28 heavy (non-hydrogen) atoms. The first-order valence-corrected chi connectivity index (χ1v) is 10.6. The minimum atomic E-state index is -3.86. The van der Waals surface area contributed by atoms with Crippen molar-refractivity contribution in [2.24, 2.45) is 9.98 Å². The van der Waals surface area contributed by atoms with Crippen LogP contribution in [0.15, 0.2) is 68.3 Å². The quantitative estimate of drug-likeness (QED) is 0.348. The van der Waals surface area contributed by atoms with Gasteiger partial charge in [0.25, 0.3) is 0 Å². The highest BCUT2D eigenvalue weighted by Gasteiger charge is 2.16. The average molecular weight is 422 g/mol. The normalized spacial score (nSPS) is 11.3. The Balaban J connectivity index is 1.94. The second kappa shape index (κ2) is 9.29. The lowest BCUT2D eigenvalue weighted by molar-refractivity contribution is 0.564. The van der Waals surface area contributed by atoms with E-state index in [1.165, 1.54) is 60.7 Å². The van der Waals surface area contributed by atoms with Crippen molar-refractivity contribution < 1.29 is 26.4 Å². The van der Waals surface area contributed by atoms with Crippen LogP contribution in [0.3, 0.4) is 0 Å². The van der Waals surface area contributed by atoms with Crippen LogP contribution in [0.2, 0.25) is 0 Å². The van der Waals surface area contributed by atoms with Gasteiger partial charge in [-0.1, -0.05) is 0 Å². The number of sulfonamides is 2. The lowest BCUT2D eigenvalue weighted by Gasteiger charge is -2.09. The molecule has 146 valence electrons. The lowest BCUT2D eigenvalue weighted by atomic mass is 10.3. The lowest BCUT2D eigenvalue weighted by Crippen LogP contribution is -2.34. The van der Waals surface area contributed by atoms with E-state index in [0.717, 1.165) is 0 Å². The summed E-state index contributed by atoms with van der Waals surface area (Å²) in [6.07, 6.45) is 2.69. The van der Waals surface area contributed by atoms with Crippen LogP contribution >= 0.6 is 0 Å². The minimum Gasteiger partial charge on any atom is -0.211 e. The Hall–Kier alpha value is -2.98. The summed E-state index contributed by atoms with van der Waals surface area (Å²) in [6, 6.07) is 10.4. The van der Waals surface area contributed by atoms with Gasteiger partial charge in [-0.15, -0.1) is 0 Å². The molecule has 0 unspecified atom stereocenters. The average Bonchev–Trinajstić information content (AvgIpc) is 2.67. The van der Waals surface area contributed by atoms with E-state index in [4.69, 9.17) is 0 Å². The van der Waals surface area contributed by atoms with Gasteiger partial charge in [0.15, 0.2) is 0 Å². The Kier molecular flexibility index (Phi) is 7.07. The van der Waals surface area contributed by atoms with Crippen molar-refractivity contribution in [1.29, 1.82) is 0 Å². The number of rotatable bonds is 9. The summed E-state index contributed by atoms with van der Waals surface area (Å²) >= 11 is 0. The third-order valence-electron chi connectivity index (χ3n) is 3.35. The van der Waals surface area contributed by atoms with E-state index >= 15 is 0 Å². The van der Waals surface area contributed by atoms with Crippen LogP contribution in [0.25, 0.3) is 0 Å². The molecule has 10 nitrogen and oxygen atoms in total. The molecule has 2 rings (SSSR count). The fourth-order valence-corrected chi connectivity index (χ4v) is 4.11. The molecule has 0 aromatic heterocycles. The fraction of sp³-hybridized carbons (Fsp3) is 0.125. The van der Waals surface area contributed by atoms with Crippen molar-refractivity contribution in [3.05, 3.63) is 48.5 Å². The molecule has 0 radical (unpaired) electrons. The second-order valence-corrected chi connectivity index (χ2v) is 8.72. The topological polar surface area (TPSA) is 151 Å². The van der Waals surface area contributed by atoms with Gasteiger partial charge >= 0.3 is 0 Å². The van der Waals surface area contributed by atoms with Gasteiger partial charge < -0.3 is 0 Å². The zero-order valence-corrected chi connectivity index (χ0v) is 15.8. The Bertz CT molecular complexity index is 1040. The van der Waals surface area contributed by atoms with E-state index in [1.54, 1.807) is 0 Å². The van der Waals surface area contributed by atoms with Crippen LogP contribution in [0.1, 0.15) is 0 Å². The van der Waals surface area contributed by atoms with Gasteiger partial charge in [-0.25, -0.2) is 35.9 Å². The van der Waals surface area contributed by atoms with Crippen molar-refractivity contribution in [1.82, 2.24) is 9.44 Å². The number of nitrogens with one attached hydrogen (secondary N) is 2. The van der Waals surface area contributed by atoms with Crippen molar-refractivity contribution in [3.63, 3.8) is 0 Å². The maximum absolute atomic E-state index is 12.2. The Morgan fingerprint density at radius 3 is 1.25 bits per heavy atom. The second-order valence-electron chi connectivity index (χ2n) is 5.19. The number of aliphatic imine (C=N–C) groups is 2. The van der Waals surface area contributed by atoms with E-state index in [9.17, 15) is 26.4 Å². The number of nitrogens with zero attached hydrogens (tertiary/aromatic N) is 2. The van der Waals surface area contributed by atoms with E-state index in [0.29, 0.717) is 0 Å². The monoisotopic (exact) mass is 422 g/mol. The molecule has 0 aliphatic heterocycles. The highest BCUT2D eigenvalue weighted by atomic mass is 32.2. The largest absolute Gasteiger partial charge is 0.240 e. The van der Waals surface area contributed by atoms with Crippen LogP contribution in [-0.2, 0) is 29.6 Å². The SMILES string of the molecule is O=C=Nc1ccc(S(=O)(=O)NCCNS(=O)(=O)c2ccc(N=C=O)cc2)cc1. The first-order chi connectivity index (χ1) is 13.3. The van der Waals surface area contributed by atoms with Crippen molar-refractivity contribution in [2.75, 3.05) is 13.1 Å². The summed E-state index contributed by atoms with van der Waals surface area (Å²) in [7, 11) is -7.72. The molecule has 0 aliphatic carbocycles. The molecule has 0 atom stereocenters. The Morgan fingerprint density at radius 2 is 0.964 bits per heavy atom. The molecule has 2 aromatic carbocycles. The Morgan fingerprint density at radius 1 is 0.643 bits per heavy atom. The molecule has 2 aromatic rings. The standard InChI is InChI=1S/C16H14N4O6S2/c21-11-17-13-1-5-15(6-2-13)27(23,24)19-9-10-20-28(25,26)16-7-3-14(4-8-16)18-12-22/h1-8,19-20H,9-10H2. The molecule has 0 amide bonds. The van der Waals surface area contributed by atoms with Crippen molar-refractivity contribution >= 4 is 43.6 Å². The maximum Gasteiger partial charge on any atom is 0.240 e. The van der Waals surface area contributed by atoms with Crippen LogP contribution in [-0.4, -0.2) is 42.1 Å². The highest BCUT2D eigenvalue weighted by molar-refractivity contribution is 7.89. The van der Waals surface area contributed by atoms with Crippen molar-refractivity contribution in [3.8, 4) is 0 Å². The van der Waals surface area contributed by atoms with E-state index < -0.39 is 20.0 Å². The number of isocyanates is 2. The zero-order chi connectivity index (χ0) is 20.6. The summed E-state index contributed by atoms with van der Waals surface area (Å²) in [4.78, 5) is 26.9. The maximum atomic E-state index is 12.2. The van der Waals surface area contributed by atoms with E-state index in [1.807, 2.05) is 0 Å². The van der Waals surface area contributed by atoms with E-state index in [-0.39, 0.29) is 34.3 Å². The molecule has 0 fully saturated rings. The van der Waals surface area contributed by atoms with Gasteiger partial charge in [0.05, 0.1) is 21.2 Å². The molecule has 2 N–H and O–H groups in total. The number of carbonyl (C=O) groups excluding carboxylic acids is 2. The van der Waals surface area contributed by atoms with Crippen LogP contribution in [0, 0.1) is 0 Å². The number of hydrogen-bond acceptors (Lipinski definition) is 8. The fourth-order valence-electron chi connectivity index (χ4n) is 2.04. The molecule has 0 saturated heterocycles. The summed E-state index contributed by atoms with van der Waals surface area (Å²) < 4.78 is 53.1. The molecule has 0 spiro atoms. The predicted octanol–water partition coefficient (Wildman–Crippen LogP) is 0.878. The van der Waals surface area contributed by atoms with Gasteiger partial charge in [0, 0.05) is 13.1 Å². The van der Waals surface area contributed by atoms with Crippen LogP contribution in [0.5, 0.6) is 0 Å². The first-order valence-electron chi connectivity index (χ1n) is 7.64. The summed E-state index contributed by atoms with van der Waals surface area (Å²) in [6.45, 7) is -0.382. The van der Waals surface area contributed by atoms with Gasteiger partial charge in [-0.05, 0) is 48.5 Å². The minimum absolute atomic E-state index is 0.0634. The first kappa shape index (κ1) is 21.3. The number of benzene rings is 2. The zero-order valence-electron chi connectivity index (χ0n) is 14.2. The number of hydrogen-bond donors (Lipinski definition) is 2.